The van der Waals surface area contributed by atoms with Gasteiger partial charge in [-0.25, -0.2) is 4.79 Å². The zero-order chi connectivity index (χ0) is 14.8. The van der Waals surface area contributed by atoms with E-state index < -0.39 is 23.1 Å². The van der Waals surface area contributed by atoms with E-state index in [4.69, 9.17) is 14.2 Å². The lowest BCUT2D eigenvalue weighted by Crippen LogP contribution is -2.26. The molecule has 0 aliphatic carbocycles. The Morgan fingerprint density at radius 2 is 2.05 bits per heavy atom. The molecule has 0 spiro atoms. The molecule has 112 valence electrons. The van der Waals surface area contributed by atoms with Crippen LogP contribution in [-0.4, -0.2) is 44.8 Å². The number of nitrogens with one attached hydrogen (secondary N) is 3. The third-order valence-electron chi connectivity index (χ3n) is 3.72. The van der Waals surface area contributed by atoms with Gasteiger partial charge in [0.15, 0.2) is 11.3 Å². The number of hydrogen-bond donors (Lipinski definition) is 3. The van der Waals surface area contributed by atoms with E-state index in [0.717, 1.165) is 0 Å². The number of fused-ring (bicyclic) bond motifs is 2. The molecule has 9 heteroatoms. The first-order valence-electron chi connectivity index (χ1n) is 6.62. The lowest BCUT2D eigenvalue weighted by atomic mass is 10.1. The molecular formula is C12H14N4O5. The lowest BCUT2D eigenvalue weighted by Gasteiger charge is -2.21. The second-order valence-electron chi connectivity index (χ2n) is 5.66. The SMILES string of the molecule is CC1(C)O[C@@H]2[C@@H](CO[C@H]2c2[nH]nc3c(=O)[nH]c(=O)[nH]c23)O1. The number of H-pyrrole nitrogens is 3. The first-order chi connectivity index (χ1) is 9.94. The Morgan fingerprint density at radius 1 is 1.24 bits per heavy atom. The molecule has 0 unspecified atom stereocenters. The van der Waals surface area contributed by atoms with E-state index in [9.17, 15) is 9.59 Å². The van der Waals surface area contributed by atoms with Gasteiger partial charge in [-0.05, 0) is 13.8 Å². The maximum absolute atomic E-state index is 11.7. The van der Waals surface area contributed by atoms with Gasteiger partial charge >= 0.3 is 5.69 Å². The number of aromatic nitrogens is 4. The second kappa shape index (κ2) is 4.03. The Labute approximate surface area is 117 Å². The number of ether oxygens (including phenoxy) is 3. The largest absolute Gasteiger partial charge is 0.366 e. The number of nitrogens with zero attached hydrogens (tertiary/aromatic N) is 1. The third kappa shape index (κ3) is 1.85. The topological polar surface area (TPSA) is 122 Å². The molecule has 4 rings (SSSR count). The molecule has 2 aliphatic heterocycles. The molecule has 0 bridgehead atoms. The van der Waals surface area contributed by atoms with Gasteiger partial charge in [-0.3, -0.25) is 14.9 Å². The van der Waals surface area contributed by atoms with E-state index in [-0.39, 0.29) is 17.7 Å². The predicted molar refractivity (Wildman–Crippen MR) is 69.9 cm³/mol. The Balaban J connectivity index is 1.81. The van der Waals surface area contributed by atoms with Crippen molar-refractivity contribution in [1.82, 2.24) is 20.2 Å². The van der Waals surface area contributed by atoms with E-state index in [1.165, 1.54) is 0 Å². The van der Waals surface area contributed by atoms with Gasteiger partial charge in [-0.2, -0.15) is 5.10 Å². The van der Waals surface area contributed by atoms with E-state index in [2.05, 4.69) is 20.2 Å². The highest BCUT2D eigenvalue weighted by Gasteiger charge is 2.51. The molecule has 2 aromatic rings. The van der Waals surface area contributed by atoms with Crippen LogP contribution in [0.5, 0.6) is 0 Å². The van der Waals surface area contributed by atoms with Crippen molar-refractivity contribution in [3.63, 3.8) is 0 Å². The molecule has 2 aromatic heterocycles. The van der Waals surface area contributed by atoms with Gasteiger partial charge in [0.05, 0.1) is 17.8 Å². The van der Waals surface area contributed by atoms with Gasteiger partial charge in [0.1, 0.15) is 18.3 Å². The molecule has 9 nitrogen and oxygen atoms in total. The lowest BCUT2D eigenvalue weighted by molar-refractivity contribution is -0.175. The van der Waals surface area contributed by atoms with Crippen molar-refractivity contribution in [3.8, 4) is 0 Å². The molecule has 4 heterocycles. The summed E-state index contributed by atoms with van der Waals surface area (Å²) in [7, 11) is 0. The van der Waals surface area contributed by atoms with Gasteiger partial charge in [0.2, 0.25) is 0 Å². The average Bonchev–Trinajstić information content (AvgIpc) is 3.00. The minimum Gasteiger partial charge on any atom is -0.366 e. The van der Waals surface area contributed by atoms with Crippen LogP contribution in [0.4, 0.5) is 0 Å². The molecule has 3 atom stereocenters. The van der Waals surface area contributed by atoms with Gasteiger partial charge in [-0.15, -0.1) is 0 Å². The Bertz CT molecular complexity index is 819. The summed E-state index contributed by atoms with van der Waals surface area (Å²) in [5.74, 6) is -0.682. The fourth-order valence-electron chi connectivity index (χ4n) is 2.95. The van der Waals surface area contributed by atoms with Crippen molar-refractivity contribution in [2.45, 2.75) is 37.9 Å². The summed E-state index contributed by atoms with van der Waals surface area (Å²) in [4.78, 5) is 27.9. The molecule has 0 saturated carbocycles. The van der Waals surface area contributed by atoms with Crippen LogP contribution in [-0.2, 0) is 14.2 Å². The average molecular weight is 294 g/mol. The molecule has 0 amide bonds. The highest BCUT2D eigenvalue weighted by Crippen LogP contribution is 2.42. The fraction of sp³-hybridized carbons (Fsp3) is 0.583. The molecule has 0 aromatic carbocycles. The Morgan fingerprint density at radius 3 is 2.86 bits per heavy atom. The highest BCUT2D eigenvalue weighted by atomic mass is 16.8. The van der Waals surface area contributed by atoms with Crippen molar-refractivity contribution in [2.75, 3.05) is 6.61 Å². The fourth-order valence-corrected chi connectivity index (χ4v) is 2.95. The third-order valence-corrected chi connectivity index (χ3v) is 3.72. The van der Waals surface area contributed by atoms with E-state index in [1.807, 2.05) is 13.8 Å². The maximum Gasteiger partial charge on any atom is 0.326 e. The number of hydrogen-bond acceptors (Lipinski definition) is 6. The van der Waals surface area contributed by atoms with Crippen LogP contribution in [0.15, 0.2) is 9.59 Å². The highest BCUT2D eigenvalue weighted by molar-refractivity contribution is 5.75. The van der Waals surface area contributed by atoms with E-state index in [1.54, 1.807) is 0 Å². The first-order valence-corrected chi connectivity index (χ1v) is 6.62. The van der Waals surface area contributed by atoms with E-state index >= 15 is 0 Å². The molecule has 0 radical (unpaired) electrons. The summed E-state index contributed by atoms with van der Waals surface area (Å²) in [6.07, 6.45) is -0.970. The van der Waals surface area contributed by atoms with Crippen molar-refractivity contribution in [1.29, 1.82) is 0 Å². The summed E-state index contributed by atoms with van der Waals surface area (Å²) in [5, 5.41) is 6.70. The zero-order valence-corrected chi connectivity index (χ0v) is 11.4. The zero-order valence-electron chi connectivity index (χ0n) is 11.4. The summed E-state index contributed by atoms with van der Waals surface area (Å²) in [5.41, 5.74) is -0.150. The van der Waals surface area contributed by atoms with Crippen molar-refractivity contribution < 1.29 is 14.2 Å². The van der Waals surface area contributed by atoms with Crippen LogP contribution in [0, 0.1) is 0 Å². The van der Waals surface area contributed by atoms with Crippen LogP contribution in [0.2, 0.25) is 0 Å². The van der Waals surface area contributed by atoms with Crippen LogP contribution in [0.1, 0.15) is 25.6 Å². The summed E-state index contributed by atoms with van der Waals surface area (Å²) in [6.45, 7) is 4.05. The van der Waals surface area contributed by atoms with Crippen LogP contribution in [0.3, 0.4) is 0 Å². The summed E-state index contributed by atoms with van der Waals surface area (Å²) >= 11 is 0. The number of rotatable bonds is 1. The standard InChI is InChI=1S/C12H14N4O5/c1-12(2)20-4-3-19-9(8(4)21-12)6-5-7(16-15-6)10(17)14-11(18)13-5/h4,8-9H,3H2,1-2H3,(H,15,16)(H2,13,14,17,18)/t4-,8-,9+/m1/s1. The van der Waals surface area contributed by atoms with Crippen LogP contribution >= 0.6 is 0 Å². The van der Waals surface area contributed by atoms with Crippen molar-refractivity contribution in [3.05, 3.63) is 26.5 Å². The van der Waals surface area contributed by atoms with Crippen molar-refractivity contribution >= 4 is 11.0 Å². The number of aromatic amines is 3. The Hall–Kier alpha value is -1.97. The molecular weight excluding hydrogens is 280 g/mol. The van der Waals surface area contributed by atoms with Crippen molar-refractivity contribution in [2.24, 2.45) is 0 Å². The second-order valence-corrected chi connectivity index (χ2v) is 5.66. The summed E-state index contributed by atoms with van der Waals surface area (Å²) in [6, 6.07) is 0. The van der Waals surface area contributed by atoms with Gasteiger partial charge in [0, 0.05) is 0 Å². The molecule has 21 heavy (non-hydrogen) atoms. The Kier molecular flexibility index (Phi) is 2.44. The van der Waals surface area contributed by atoms with Crippen LogP contribution < -0.4 is 11.2 Å². The van der Waals surface area contributed by atoms with Gasteiger partial charge in [-0.1, -0.05) is 0 Å². The van der Waals surface area contributed by atoms with E-state index in [0.29, 0.717) is 17.8 Å². The normalized spacial score (nSPS) is 30.9. The van der Waals surface area contributed by atoms with Crippen LogP contribution in [0.25, 0.3) is 11.0 Å². The summed E-state index contributed by atoms with van der Waals surface area (Å²) < 4.78 is 17.3. The molecule has 2 saturated heterocycles. The molecule has 3 N–H and O–H groups in total. The smallest absolute Gasteiger partial charge is 0.326 e. The predicted octanol–water partition coefficient (Wildman–Crippen LogP) is -0.469. The minimum absolute atomic E-state index is 0.134. The van der Waals surface area contributed by atoms with Gasteiger partial charge in [0.25, 0.3) is 5.56 Å². The first kappa shape index (κ1) is 12.7. The quantitative estimate of drug-likeness (QED) is 0.653. The monoisotopic (exact) mass is 294 g/mol. The molecule has 2 fully saturated rings. The minimum atomic E-state index is -0.682. The van der Waals surface area contributed by atoms with Gasteiger partial charge < -0.3 is 19.2 Å². The maximum atomic E-state index is 11.7. The molecule has 2 aliphatic rings.